The summed E-state index contributed by atoms with van der Waals surface area (Å²) in [5, 5.41) is 9.55. The summed E-state index contributed by atoms with van der Waals surface area (Å²) in [5.74, 6) is 0.0868. The Balaban J connectivity index is 1.98. The lowest BCUT2D eigenvalue weighted by Gasteiger charge is -2.09. The van der Waals surface area contributed by atoms with E-state index in [0.29, 0.717) is 22.6 Å². The van der Waals surface area contributed by atoms with E-state index in [-0.39, 0.29) is 11.5 Å². The molecule has 0 spiro atoms. The largest absolute Gasteiger partial charge is 0.504 e. The highest BCUT2D eigenvalue weighted by atomic mass is 16.5. The zero-order chi connectivity index (χ0) is 19.8. The average molecular weight is 372 g/mol. The molecule has 27 heavy (non-hydrogen) atoms. The molecule has 142 valence electrons. The Kier molecular flexibility index (Phi) is 6.82. The van der Waals surface area contributed by atoms with E-state index in [9.17, 15) is 14.7 Å². The molecular formula is C20H20O7. The second-order valence-corrected chi connectivity index (χ2v) is 5.36. The van der Waals surface area contributed by atoms with Gasteiger partial charge in [-0.15, -0.1) is 0 Å². The molecule has 0 aliphatic heterocycles. The van der Waals surface area contributed by atoms with Crippen LogP contribution in [0.2, 0.25) is 0 Å². The zero-order valence-corrected chi connectivity index (χ0v) is 15.2. The Hall–Kier alpha value is -3.48. The Morgan fingerprint density at radius 3 is 2.37 bits per heavy atom. The van der Waals surface area contributed by atoms with Gasteiger partial charge in [0.05, 0.1) is 26.9 Å². The van der Waals surface area contributed by atoms with Crippen molar-refractivity contribution in [1.29, 1.82) is 0 Å². The lowest BCUT2D eigenvalue weighted by atomic mass is 10.1. The van der Waals surface area contributed by atoms with Gasteiger partial charge in [0.1, 0.15) is 11.5 Å². The number of esters is 1. The number of phenolic OH excluding ortho intramolecular Hbond substituents is 1. The van der Waals surface area contributed by atoms with E-state index in [4.69, 9.17) is 18.9 Å². The number of ether oxygens (including phenoxy) is 4. The van der Waals surface area contributed by atoms with Gasteiger partial charge in [-0.3, -0.25) is 4.79 Å². The summed E-state index contributed by atoms with van der Waals surface area (Å²) >= 11 is 0. The third kappa shape index (κ3) is 5.24. The first-order chi connectivity index (χ1) is 13.0. The van der Waals surface area contributed by atoms with Crippen molar-refractivity contribution < 1.29 is 33.6 Å². The number of hydrogen-bond donors (Lipinski definition) is 1. The minimum absolute atomic E-state index is 0.00346. The standard InChI is InChI=1S/C20H20O7/c1-24-14-6-7-15(18(11-14)25-2)17(22)12-27-20(23)9-5-13-4-8-16(21)19(10-13)26-3/h4-11,21H,12H2,1-3H3. The number of phenols is 1. The number of Topliss-reactive ketones (excluding diaryl/α,β-unsaturated/α-hetero) is 1. The first-order valence-electron chi connectivity index (χ1n) is 7.95. The summed E-state index contributed by atoms with van der Waals surface area (Å²) in [5.41, 5.74) is 0.920. The number of carbonyl (C=O) groups is 2. The Labute approximate surface area is 156 Å². The first kappa shape index (κ1) is 19.8. The van der Waals surface area contributed by atoms with Gasteiger partial charge in [0, 0.05) is 12.1 Å². The summed E-state index contributed by atoms with van der Waals surface area (Å²) in [6, 6.07) is 9.36. The summed E-state index contributed by atoms with van der Waals surface area (Å²) in [6.07, 6.45) is 2.67. The third-order valence-electron chi connectivity index (χ3n) is 3.67. The number of hydrogen-bond acceptors (Lipinski definition) is 7. The van der Waals surface area contributed by atoms with Crippen molar-refractivity contribution >= 4 is 17.8 Å². The fourth-order valence-electron chi connectivity index (χ4n) is 2.25. The number of benzene rings is 2. The van der Waals surface area contributed by atoms with E-state index in [1.807, 2.05) is 0 Å². The van der Waals surface area contributed by atoms with Gasteiger partial charge >= 0.3 is 5.97 Å². The summed E-state index contributed by atoms with van der Waals surface area (Å²) in [6.45, 7) is -0.426. The van der Waals surface area contributed by atoms with E-state index in [0.717, 1.165) is 0 Å². The summed E-state index contributed by atoms with van der Waals surface area (Å²) < 4.78 is 20.2. The molecule has 1 N–H and O–H groups in total. The van der Waals surface area contributed by atoms with Crippen LogP contribution in [0.15, 0.2) is 42.5 Å². The number of methoxy groups -OCH3 is 3. The molecule has 7 heteroatoms. The fraction of sp³-hybridized carbons (Fsp3) is 0.200. The maximum Gasteiger partial charge on any atom is 0.331 e. The SMILES string of the molecule is COc1ccc(C(=O)COC(=O)C=Cc2ccc(O)c(OC)c2)c(OC)c1. The van der Waals surface area contributed by atoms with Gasteiger partial charge in [-0.25, -0.2) is 4.79 Å². The van der Waals surface area contributed by atoms with E-state index in [2.05, 4.69) is 0 Å². The van der Waals surface area contributed by atoms with Gasteiger partial charge in [0.15, 0.2) is 18.1 Å². The number of aromatic hydroxyl groups is 1. The van der Waals surface area contributed by atoms with Crippen molar-refractivity contribution in [1.82, 2.24) is 0 Å². The van der Waals surface area contributed by atoms with Crippen LogP contribution in [0, 0.1) is 0 Å². The van der Waals surface area contributed by atoms with Crippen LogP contribution in [-0.4, -0.2) is 44.8 Å². The number of rotatable bonds is 8. The summed E-state index contributed by atoms with van der Waals surface area (Å²) in [7, 11) is 4.37. The number of carbonyl (C=O) groups excluding carboxylic acids is 2. The zero-order valence-electron chi connectivity index (χ0n) is 15.2. The van der Waals surface area contributed by atoms with Crippen molar-refractivity contribution in [2.45, 2.75) is 0 Å². The van der Waals surface area contributed by atoms with Gasteiger partial charge in [-0.1, -0.05) is 6.07 Å². The van der Waals surface area contributed by atoms with Gasteiger partial charge in [0.2, 0.25) is 5.78 Å². The number of ketones is 1. The van der Waals surface area contributed by atoms with E-state index in [1.54, 1.807) is 30.3 Å². The lowest BCUT2D eigenvalue weighted by Crippen LogP contribution is -2.13. The molecule has 2 aromatic carbocycles. The molecule has 0 heterocycles. The molecule has 0 amide bonds. The molecule has 0 aliphatic rings. The monoisotopic (exact) mass is 372 g/mol. The van der Waals surface area contributed by atoms with E-state index < -0.39 is 18.4 Å². The predicted octanol–water partition coefficient (Wildman–Crippen LogP) is 2.86. The third-order valence-corrected chi connectivity index (χ3v) is 3.67. The van der Waals surface area contributed by atoms with Crippen LogP contribution >= 0.6 is 0 Å². The molecule has 0 saturated heterocycles. The summed E-state index contributed by atoms with van der Waals surface area (Å²) in [4.78, 5) is 24.1. The van der Waals surface area contributed by atoms with Crippen LogP contribution in [0.25, 0.3) is 6.08 Å². The molecule has 0 aromatic heterocycles. The molecule has 0 saturated carbocycles. The van der Waals surface area contributed by atoms with Crippen LogP contribution in [0.5, 0.6) is 23.0 Å². The molecule has 0 bridgehead atoms. The maximum absolute atomic E-state index is 12.3. The van der Waals surface area contributed by atoms with Crippen molar-refractivity contribution in [3.63, 3.8) is 0 Å². The lowest BCUT2D eigenvalue weighted by molar-refractivity contribution is -0.136. The minimum Gasteiger partial charge on any atom is -0.504 e. The van der Waals surface area contributed by atoms with Crippen LogP contribution < -0.4 is 14.2 Å². The molecule has 0 atom stereocenters. The predicted molar refractivity (Wildman–Crippen MR) is 98.5 cm³/mol. The molecule has 0 unspecified atom stereocenters. The average Bonchev–Trinajstić information content (AvgIpc) is 2.70. The maximum atomic E-state index is 12.3. The highest BCUT2D eigenvalue weighted by Crippen LogP contribution is 2.27. The van der Waals surface area contributed by atoms with E-state index in [1.165, 1.54) is 39.5 Å². The minimum atomic E-state index is -0.678. The fourth-order valence-corrected chi connectivity index (χ4v) is 2.25. The van der Waals surface area contributed by atoms with Crippen molar-refractivity contribution in [2.75, 3.05) is 27.9 Å². The van der Waals surface area contributed by atoms with Crippen LogP contribution in [-0.2, 0) is 9.53 Å². The molecule has 2 rings (SSSR count). The molecule has 7 nitrogen and oxygen atoms in total. The van der Waals surface area contributed by atoms with Gasteiger partial charge in [0.25, 0.3) is 0 Å². The highest BCUT2D eigenvalue weighted by Gasteiger charge is 2.15. The molecular weight excluding hydrogens is 352 g/mol. The quantitative estimate of drug-likeness (QED) is 0.433. The Morgan fingerprint density at radius 2 is 1.70 bits per heavy atom. The molecule has 0 aliphatic carbocycles. The van der Waals surface area contributed by atoms with Crippen LogP contribution in [0.1, 0.15) is 15.9 Å². The molecule has 0 radical (unpaired) electrons. The van der Waals surface area contributed by atoms with Gasteiger partial charge in [-0.05, 0) is 35.9 Å². The van der Waals surface area contributed by atoms with Crippen molar-refractivity contribution in [3.8, 4) is 23.0 Å². The molecule has 2 aromatic rings. The van der Waals surface area contributed by atoms with Gasteiger partial charge in [-0.2, -0.15) is 0 Å². The normalized spacial score (nSPS) is 10.5. The second kappa shape index (κ2) is 9.28. The highest BCUT2D eigenvalue weighted by molar-refractivity contribution is 6.01. The van der Waals surface area contributed by atoms with Crippen LogP contribution in [0.4, 0.5) is 0 Å². The topological polar surface area (TPSA) is 91.3 Å². The Morgan fingerprint density at radius 1 is 0.963 bits per heavy atom. The van der Waals surface area contributed by atoms with Crippen molar-refractivity contribution in [3.05, 3.63) is 53.6 Å². The Bertz CT molecular complexity index is 855. The van der Waals surface area contributed by atoms with Crippen molar-refractivity contribution in [2.24, 2.45) is 0 Å². The first-order valence-corrected chi connectivity index (χ1v) is 7.95. The molecule has 0 fully saturated rings. The second-order valence-electron chi connectivity index (χ2n) is 5.36. The smallest absolute Gasteiger partial charge is 0.331 e. The van der Waals surface area contributed by atoms with E-state index >= 15 is 0 Å². The van der Waals surface area contributed by atoms with Crippen LogP contribution in [0.3, 0.4) is 0 Å². The van der Waals surface area contributed by atoms with Gasteiger partial charge < -0.3 is 24.1 Å².